The summed E-state index contributed by atoms with van der Waals surface area (Å²) in [5, 5.41) is 2.87. The third-order valence-electron chi connectivity index (χ3n) is 3.47. The van der Waals surface area contributed by atoms with Crippen molar-refractivity contribution in [1.82, 2.24) is 10.2 Å². The molecule has 1 aliphatic rings. The Labute approximate surface area is 104 Å². The Morgan fingerprint density at radius 3 is 2.35 bits per heavy atom. The molecule has 0 aliphatic carbocycles. The number of amides is 2. The molecule has 0 bridgehead atoms. The van der Waals surface area contributed by atoms with Crippen LogP contribution in [0.4, 0.5) is 0 Å². The number of hydrogen-bond donors (Lipinski definition) is 1. The van der Waals surface area contributed by atoms with E-state index >= 15 is 0 Å². The third-order valence-corrected chi connectivity index (χ3v) is 3.47. The van der Waals surface area contributed by atoms with Crippen molar-refractivity contribution in [3.63, 3.8) is 0 Å². The lowest BCUT2D eigenvalue weighted by Gasteiger charge is -2.44. The van der Waals surface area contributed by atoms with Gasteiger partial charge in [-0.3, -0.25) is 9.59 Å². The predicted molar refractivity (Wildman–Crippen MR) is 67.5 cm³/mol. The van der Waals surface area contributed by atoms with Crippen LogP contribution in [-0.2, 0) is 9.59 Å². The molecule has 1 N–H and O–H groups in total. The van der Waals surface area contributed by atoms with Crippen LogP contribution >= 0.6 is 0 Å². The first-order valence-electron chi connectivity index (χ1n) is 6.48. The molecule has 0 saturated carbocycles. The molecule has 1 fully saturated rings. The lowest BCUT2D eigenvalue weighted by atomic mass is 9.90. The van der Waals surface area contributed by atoms with Crippen molar-refractivity contribution in [2.75, 3.05) is 6.54 Å². The van der Waals surface area contributed by atoms with Crippen LogP contribution in [0.5, 0.6) is 0 Å². The summed E-state index contributed by atoms with van der Waals surface area (Å²) in [5.74, 6) is 0.414. The smallest absolute Gasteiger partial charge is 0.248 e. The number of nitrogens with zero attached hydrogens (tertiary/aromatic N) is 1. The van der Waals surface area contributed by atoms with Gasteiger partial charge in [0.25, 0.3) is 0 Å². The molecule has 0 aromatic heterocycles. The summed E-state index contributed by atoms with van der Waals surface area (Å²) >= 11 is 0. The van der Waals surface area contributed by atoms with E-state index < -0.39 is 5.54 Å². The molecule has 2 unspecified atom stereocenters. The average Bonchev–Trinajstić information content (AvgIpc) is 2.25. The van der Waals surface area contributed by atoms with Crippen molar-refractivity contribution in [1.29, 1.82) is 0 Å². The summed E-state index contributed by atoms with van der Waals surface area (Å²) in [5.41, 5.74) is -0.725. The maximum absolute atomic E-state index is 12.4. The summed E-state index contributed by atoms with van der Waals surface area (Å²) in [7, 11) is 0. The molecule has 2 amide bonds. The zero-order chi connectivity index (χ0) is 13.2. The molecule has 4 nitrogen and oxygen atoms in total. The number of carbonyl (C=O) groups excluding carboxylic acids is 2. The second-order valence-electron chi connectivity index (χ2n) is 5.45. The van der Waals surface area contributed by atoms with Gasteiger partial charge in [-0.15, -0.1) is 0 Å². The van der Waals surface area contributed by atoms with E-state index in [2.05, 4.69) is 19.2 Å². The summed E-state index contributed by atoms with van der Waals surface area (Å²) in [6, 6.07) is -0.301. The van der Waals surface area contributed by atoms with Crippen LogP contribution in [0.15, 0.2) is 0 Å². The van der Waals surface area contributed by atoms with E-state index in [9.17, 15) is 9.59 Å². The molecule has 1 heterocycles. The summed E-state index contributed by atoms with van der Waals surface area (Å²) in [6.45, 7) is 10.5. The van der Waals surface area contributed by atoms with Gasteiger partial charge in [0.2, 0.25) is 11.8 Å². The number of rotatable bonds is 4. The van der Waals surface area contributed by atoms with Crippen molar-refractivity contribution in [3.8, 4) is 0 Å². The fourth-order valence-corrected chi connectivity index (χ4v) is 2.26. The first-order valence-corrected chi connectivity index (χ1v) is 6.48. The first-order chi connectivity index (χ1) is 7.85. The minimum atomic E-state index is -0.725. The van der Waals surface area contributed by atoms with Gasteiger partial charge in [-0.1, -0.05) is 27.7 Å². The lowest BCUT2D eigenvalue weighted by Crippen LogP contribution is -2.69. The minimum absolute atomic E-state index is 0.0166. The fraction of sp³-hybridized carbons (Fsp3) is 0.846. The van der Waals surface area contributed by atoms with Crippen LogP contribution in [0.25, 0.3) is 0 Å². The van der Waals surface area contributed by atoms with Crippen LogP contribution in [0.2, 0.25) is 0 Å². The highest BCUT2D eigenvalue weighted by Gasteiger charge is 2.46. The molecule has 0 radical (unpaired) electrons. The van der Waals surface area contributed by atoms with Gasteiger partial charge in [-0.25, -0.2) is 0 Å². The highest BCUT2D eigenvalue weighted by atomic mass is 16.2. The van der Waals surface area contributed by atoms with Crippen molar-refractivity contribution < 1.29 is 9.59 Å². The Morgan fingerprint density at radius 1 is 1.35 bits per heavy atom. The zero-order valence-corrected chi connectivity index (χ0v) is 11.5. The Kier molecular flexibility index (Phi) is 4.17. The zero-order valence-electron chi connectivity index (χ0n) is 11.5. The Bertz CT molecular complexity index is 315. The van der Waals surface area contributed by atoms with Crippen molar-refractivity contribution in [2.24, 2.45) is 5.92 Å². The number of piperazine rings is 1. The summed E-state index contributed by atoms with van der Waals surface area (Å²) in [6.07, 6.45) is 1.30. The van der Waals surface area contributed by atoms with Crippen LogP contribution < -0.4 is 5.32 Å². The monoisotopic (exact) mass is 240 g/mol. The highest BCUT2D eigenvalue weighted by molar-refractivity contribution is 5.99. The second-order valence-corrected chi connectivity index (χ2v) is 5.45. The van der Waals surface area contributed by atoms with Crippen molar-refractivity contribution in [3.05, 3.63) is 0 Å². The quantitative estimate of drug-likeness (QED) is 0.810. The summed E-state index contributed by atoms with van der Waals surface area (Å²) in [4.78, 5) is 26.2. The van der Waals surface area contributed by atoms with E-state index in [1.807, 2.05) is 20.8 Å². The maximum atomic E-state index is 12.4. The van der Waals surface area contributed by atoms with Gasteiger partial charge in [0, 0.05) is 6.54 Å². The molecule has 98 valence electrons. The molecule has 1 rings (SSSR count). The normalized spacial score (nSPS) is 29.8. The van der Waals surface area contributed by atoms with E-state index in [0.717, 1.165) is 0 Å². The molecule has 4 heteroatoms. The molecule has 1 saturated heterocycles. The van der Waals surface area contributed by atoms with Gasteiger partial charge in [0.15, 0.2) is 0 Å². The third kappa shape index (κ3) is 2.61. The molecule has 0 aromatic carbocycles. The standard InChI is InChI=1S/C13H24N2O2/c1-6-10-11(16)14-13(5,7-2)12(17)15(10)8-9(3)4/h9-10H,6-8H2,1-5H3,(H,14,16). The van der Waals surface area contributed by atoms with Gasteiger partial charge in [-0.05, 0) is 25.7 Å². The van der Waals surface area contributed by atoms with Crippen LogP contribution in [0, 0.1) is 5.92 Å². The van der Waals surface area contributed by atoms with Crippen molar-refractivity contribution >= 4 is 11.8 Å². The molecular formula is C13H24N2O2. The lowest BCUT2D eigenvalue weighted by molar-refractivity contribution is -0.155. The number of nitrogens with one attached hydrogen (secondary N) is 1. The molecular weight excluding hydrogens is 216 g/mol. The van der Waals surface area contributed by atoms with Gasteiger partial charge in [-0.2, -0.15) is 0 Å². The van der Waals surface area contributed by atoms with Gasteiger partial charge >= 0.3 is 0 Å². The number of hydrogen-bond acceptors (Lipinski definition) is 2. The second kappa shape index (κ2) is 5.07. The molecule has 2 atom stereocenters. The van der Waals surface area contributed by atoms with E-state index in [1.54, 1.807) is 4.90 Å². The van der Waals surface area contributed by atoms with Crippen LogP contribution in [-0.4, -0.2) is 34.8 Å². The van der Waals surface area contributed by atoms with Gasteiger partial charge < -0.3 is 10.2 Å². The Balaban J connectivity index is 3.01. The number of carbonyl (C=O) groups is 2. The van der Waals surface area contributed by atoms with Crippen LogP contribution in [0.3, 0.4) is 0 Å². The minimum Gasteiger partial charge on any atom is -0.340 e. The Morgan fingerprint density at radius 2 is 1.94 bits per heavy atom. The summed E-state index contributed by atoms with van der Waals surface area (Å²) < 4.78 is 0. The van der Waals surface area contributed by atoms with Crippen molar-refractivity contribution in [2.45, 2.75) is 59.0 Å². The first kappa shape index (κ1) is 14.0. The van der Waals surface area contributed by atoms with E-state index in [1.165, 1.54) is 0 Å². The average molecular weight is 240 g/mol. The highest BCUT2D eigenvalue weighted by Crippen LogP contribution is 2.23. The van der Waals surface area contributed by atoms with Gasteiger partial charge in [0.05, 0.1) is 0 Å². The Hall–Kier alpha value is -1.06. The molecule has 17 heavy (non-hydrogen) atoms. The largest absolute Gasteiger partial charge is 0.340 e. The molecule has 0 spiro atoms. The fourth-order valence-electron chi connectivity index (χ4n) is 2.26. The SMILES string of the molecule is CCC1C(=O)NC(C)(CC)C(=O)N1CC(C)C. The van der Waals surface area contributed by atoms with Crippen LogP contribution in [0.1, 0.15) is 47.5 Å². The van der Waals surface area contributed by atoms with E-state index in [0.29, 0.717) is 25.3 Å². The topological polar surface area (TPSA) is 49.4 Å². The molecule has 1 aliphatic heterocycles. The van der Waals surface area contributed by atoms with E-state index in [4.69, 9.17) is 0 Å². The maximum Gasteiger partial charge on any atom is 0.248 e. The van der Waals surface area contributed by atoms with Gasteiger partial charge in [0.1, 0.15) is 11.6 Å². The van der Waals surface area contributed by atoms with E-state index in [-0.39, 0.29) is 17.9 Å². The predicted octanol–water partition coefficient (Wildman–Crippen LogP) is 1.55. The molecule has 0 aromatic rings.